The topological polar surface area (TPSA) is 76.2 Å². The van der Waals surface area contributed by atoms with Crippen LogP contribution in [0.1, 0.15) is 42.9 Å². The number of ether oxygens (including phenoxy) is 2. The van der Waals surface area contributed by atoms with E-state index in [0.717, 1.165) is 43.5 Å². The van der Waals surface area contributed by atoms with Gasteiger partial charge < -0.3 is 9.47 Å². The minimum atomic E-state index is -3.53. The van der Waals surface area contributed by atoms with Gasteiger partial charge in [-0.1, -0.05) is 49.0 Å². The van der Waals surface area contributed by atoms with E-state index < -0.39 is 10.0 Å². The second-order valence-corrected chi connectivity index (χ2v) is 13.0. The number of carbonyl (C=O) groups excluding carboxylic acids is 1. The molecule has 0 aromatic heterocycles. The Morgan fingerprint density at radius 1 is 1.19 bits per heavy atom. The number of esters is 1. The molecule has 0 radical (unpaired) electrons. The van der Waals surface area contributed by atoms with Crippen LogP contribution in [0.5, 0.6) is 5.75 Å². The van der Waals surface area contributed by atoms with Gasteiger partial charge in [0.05, 0.1) is 18.3 Å². The summed E-state index contributed by atoms with van der Waals surface area (Å²) in [7, 11) is -1.81. The van der Waals surface area contributed by atoms with Crippen molar-refractivity contribution in [3.05, 3.63) is 77.6 Å². The first-order valence-corrected chi connectivity index (χ1v) is 14.7. The second kappa shape index (κ2) is 8.96. The molecule has 1 spiro atoms. The summed E-state index contributed by atoms with van der Waals surface area (Å²) in [5.74, 6) is 1.37. The first-order valence-electron chi connectivity index (χ1n) is 13.1. The first kappa shape index (κ1) is 24.6. The molecular formula is C29H34N2O5S. The Morgan fingerprint density at radius 3 is 2.73 bits per heavy atom. The fourth-order valence-electron chi connectivity index (χ4n) is 7.69. The monoisotopic (exact) mass is 522 g/mol. The van der Waals surface area contributed by atoms with Crippen molar-refractivity contribution in [3.63, 3.8) is 0 Å². The Bertz CT molecular complexity index is 1340. The van der Waals surface area contributed by atoms with Crippen LogP contribution in [-0.2, 0) is 37.1 Å². The number of likely N-dealkylation sites (tertiary alicyclic amines) is 1. The highest BCUT2D eigenvalue weighted by molar-refractivity contribution is 7.88. The number of rotatable bonds is 7. The number of carbonyl (C=O) groups is 1. The summed E-state index contributed by atoms with van der Waals surface area (Å²) < 4.78 is 40.7. The molecule has 8 heteroatoms. The fourth-order valence-corrected chi connectivity index (χ4v) is 9.14. The summed E-state index contributed by atoms with van der Waals surface area (Å²) >= 11 is 0. The minimum absolute atomic E-state index is 0.0170. The van der Waals surface area contributed by atoms with Crippen LogP contribution in [0.2, 0.25) is 0 Å². The molecule has 5 atom stereocenters. The summed E-state index contributed by atoms with van der Waals surface area (Å²) in [6.07, 6.45) is 3.23. The minimum Gasteiger partial charge on any atom is -0.487 e. The molecule has 2 aliphatic carbocycles. The van der Waals surface area contributed by atoms with Gasteiger partial charge in [0.25, 0.3) is 0 Å². The van der Waals surface area contributed by atoms with Crippen LogP contribution >= 0.6 is 0 Å². The maximum Gasteiger partial charge on any atom is 0.307 e. The number of benzene rings is 2. The third-order valence-corrected chi connectivity index (χ3v) is 10.9. The Hall–Kier alpha value is -2.68. The van der Waals surface area contributed by atoms with Crippen LogP contribution in [0.3, 0.4) is 0 Å². The molecule has 2 bridgehead atoms. The van der Waals surface area contributed by atoms with Crippen molar-refractivity contribution in [2.45, 2.75) is 62.0 Å². The van der Waals surface area contributed by atoms with Gasteiger partial charge in [0.2, 0.25) is 10.0 Å². The van der Waals surface area contributed by atoms with Crippen molar-refractivity contribution in [2.75, 3.05) is 20.1 Å². The summed E-state index contributed by atoms with van der Waals surface area (Å²) in [5.41, 5.74) is 3.17. The maximum atomic E-state index is 13.6. The van der Waals surface area contributed by atoms with Gasteiger partial charge in [-0.2, -0.15) is 4.31 Å². The van der Waals surface area contributed by atoms with Crippen LogP contribution in [-0.4, -0.2) is 61.9 Å². The van der Waals surface area contributed by atoms with E-state index in [4.69, 9.17) is 9.47 Å². The zero-order valence-corrected chi connectivity index (χ0v) is 22.2. The van der Waals surface area contributed by atoms with Crippen LogP contribution < -0.4 is 4.74 Å². The molecule has 196 valence electrons. The van der Waals surface area contributed by atoms with E-state index in [0.29, 0.717) is 18.2 Å². The summed E-state index contributed by atoms with van der Waals surface area (Å²) in [6, 6.07) is 15.7. The Kier molecular flexibility index (Phi) is 5.97. The van der Waals surface area contributed by atoms with Crippen molar-refractivity contribution in [1.82, 2.24) is 9.21 Å². The molecule has 37 heavy (non-hydrogen) atoms. The molecule has 4 aliphatic rings. The number of nitrogens with zero attached hydrogens (tertiary/aromatic N) is 2. The fraction of sp³-hybridized carbons (Fsp3) is 0.483. The number of hydrogen-bond acceptors (Lipinski definition) is 6. The lowest BCUT2D eigenvalue weighted by atomic mass is 9.51. The zero-order chi connectivity index (χ0) is 25.9. The predicted molar refractivity (Wildman–Crippen MR) is 140 cm³/mol. The molecule has 7 nitrogen and oxygen atoms in total. The SMILES string of the molecule is C=C(CN1CC[C@]23c4c5cccc4O[C@H]2[C@H](N(C)S(=O)(=O)Cc2ccccc2)CC[C@H]3[C@H]1C5)OC(C)=O. The second-order valence-electron chi connectivity index (χ2n) is 11.0. The molecular weight excluding hydrogens is 488 g/mol. The molecule has 2 aliphatic heterocycles. The third kappa shape index (κ3) is 3.92. The van der Waals surface area contributed by atoms with E-state index in [1.165, 1.54) is 18.1 Å². The number of likely N-dealkylation sites (N-methyl/N-ethyl adjacent to an activating group) is 1. The van der Waals surface area contributed by atoms with Gasteiger partial charge in [0, 0.05) is 31.0 Å². The van der Waals surface area contributed by atoms with Gasteiger partial charge in [-0.15, -0.1) is 0 Å². The standard InChI is InChI=1S/C29H34N2O5S/c1-19(35-20(2)32)17-31-15-14-29-23-12-13-24(30(3)37(33,34)18-21-8-5-4-6-9-21)28(29)36-26-11-7-10-22(27(26)29)16-25(23)31/h4-11,23-25,28H,1,12-18H2,2-3H3/t23-,24+,25+,28-,29-/m0/s1. The van der Waals surface area contributed by atoms with Crippen molar-refractivity contribution >= 4 is 16.0 Å². The lowest BCUT2D eigenvalue weighted by molar-refractivity contribution is -0.137. The molecule has 2 aromatic carbocycles. The predicted octanol–water partition coefficient (Wildman–Crippen LogP) is 3.63. The van der Waals surface area contributed by atoms with E-state index in [9.17, 15) is 13.2 Å². The number of piperidine rings is 1. The van der Waals surface area contributed by atoms with Gasteiger partial charge in [-0.3, -0.25) is 9.69 Å². The largest absolute Gasteiger partial charge is 0.487 e. The van der Waals surface area contributed by atoms with Crippen LogP contribution in [0.4, 0.5) is 0 Å². The van der Waals surface area contributed by atoms with Gasteiger partial charge in [-0.05, 0) is 55.3 Å². The maximum absolute atomic E-state index is 13.6. The van der Waals surface area contributed by atoms with E-state index in [1.54, 1.807) is 11.4 Å². The van der Waals surface area contributed by atoms with Crippen molar-refractivity contribution in [2.24, 2.45) is 5.92 Å². The Balaban J connectivity index is 1.33. The van der Waals surface area contributed by atoms with Crippen molar-refractivity contribution in [1.29, 1.82) is 0 Å². The van der Waals surface area contributed by atoms with E-state index in [1.807, 2.05) is 42.5 Å². The molecule has 2 heterocycles. The summed E-state index contributed by atoms with van der Waals surface area (Å²) in [6.45, 7) is 6.72. The molecule has 6 rings (SSSR count). The summed E-state index contributed by atoms with van der Waals surface area (Å²) in [5, 5.41) is 0. The normalized spacial score (nSPS) is 29.9. The third-order valence-electron chi connectivity index (χ3n) is 9.06. The smallest absolute Gasteiger partial charge is 0.307 e. The average Bonchev–Trinajstić information content (AvgIpc) is 3.19. The number of hydrogen-bond donors (Lipinski definition) is 0. The van der Waals surface area contributed by atoms with Crippen molar-refractivity contribution in [3.8, 4) is 5.75 Å². The lowest BCUT2D eigenvalue weighted by Gasteiger charge is -2.60. The molecule has 0 unspecified atom stereocenters. The van der Waals surface area contributed by atoms with E-state index in [-0.39, 0.29) is 35.3 Å². The first-order chi connectivity index (χ1) is 17.7. The Morgan fingerprint density at radius 2 is 1.97 bits per heavy atom. The van der Waals surface area contributed by atoms with E-state index in [2.05, 4.69) is 17.5 Å². The quantitative estimate of drug-likeness (QED) is 0.408. The Labute approximate surface area is 219 Å². The number of sulfonamides is 1. The molecule has 0 N–H and O–H groups in total. The van der Waals surface area contributed by atoms with Crippen LogP contribution in [0.15, 0.2) is 60.9 Å². The van der Waals surface area contributed by atoms with Gasteiger partial charge in [0.15, 0.2) is 0 Å². The van der Waals surface area contributed by atoms with E-state index >= 15 is 0 Å². The van der Waals surface area contributed by atoms with Gasteiger partial charge >= 0.3 is 5.97 Å². The van der Waals surface area contributed by atoms with Gasteiger partial charge in [-0.25, -0.2) is 8.42 Å². The molecule has 0 amide bonds. The van der Waals surface area contributed by atoms with Crippen LogP contribution in [0.25, 0.3) is 0 Å². The summed E-state index contributed by atoms with van der Waals surface area (Å²) in [4.78, 5) is 13.9. The molecule has 2 fully saturated rings. The highest BCUT2D eigenvalue weighted by Gasteiger charge is 2.66. The molecule has 2 aromatic rings. The van der Waals surface area contributed by atoms with Crippen molar-refractivity contribution < 1.29 is 22.7 Å². The zero-order valence-electron chi connectivity index (χ0n) is 21.4. The average molecular weight is 523 g/mol. The highest BCUT2D eigenvalue weighted by atomic mass is 32.2. The highest BCUT2D eigenvalue weighted by Crippen LogP contribution is 2.62. The van der Waals surface area contributed by atoms with Gasteiger partial charge in [0.1, 0.15) is 17.6 Å². The molecule has 1 saturated heterocycles. The lowest BCUT2D eigenvalue weighted by Crippen LogP contribution is -2.69. The van der Waals surface area contributed by atoms with Crippen LogP contribution in [0, 0.1) is 5.92 Å². The molecule has 1 saturated carbocycles.